The van der Waals surface area contributed by atoms with Crippen molar-refractivity contribution in [1.82, 2.24) is 5.32 Å². The van der Waals surface area contributed by atoms with Crippen LogP contribution in [-0.4, -0.2) is 13.2 Å². The molecule has 0 radical (unpaired) electrons. The number of benzene rings is 2. The molecule has 0 saturated heterocycles. The molecule has 2 aromatic carbocycles. The molecule has 0 heterocycles. The number of nitrogens with one attached hydrogen (secondary N) is 1. The van der Waals surface area contributed by atoms with Gasteiger partial charge in [-0.1, -0.05) is 36.4 Å². The van der Waals surface area contributed by atoms with E-state index < -0.39 is 0 Å². The molecule has 2 nitrogen and oxygen atoms in total. The third kappa shape index (κ3) is 3.27. The van der Waals surface area contributed by atoms with E-state index >= 15 is 0 Å². The minimum Gasteiger partial charge on any atom is -0.497 e. The molecular formula is C19H23NO. The Hall–Kier alpha value is -1.80. The molecule has 0 unspecified atom stereocenters. The number of ether oxygens (including phenoxy) is 1. The summed E-state index contributed by atoms with van der Waals surface area (Å²) < 4.78 is 5.35. The van der Waals surface area contributed by atoms with Crippen molar-refractivity contribution in [3.8, 4) is 5.75 Å². The first-order valence-electron chi connectivity index (χ1n) is 7.73. The molecule has 0 amide bonds. The van der Waals surface area contributed by atoms with Gasteiger partial charge in [-0.15, -0.1) is 0 Å². The Morgan fingerprint density at radius 1 is 1.10 bits per heavy atom. The van der Waals surface area contributed by atoms with Crippen LogP contribution in [0.3, 0.4) is 0 Å². The highest BCUT2D eigenvalue weighted by atomic mass is 16.5. The fourth-order valence-electron chi connectivity index (χ4n) is 3.19. The third-order valence-electron chi connectivity index (χ3n) is 4.43. The number of fused-ring (bicyclic) bond motifs is 1. The van der Waals surface area contributed by atoms with Gasteiger partial charge in [0.05, 0.1) is 7.11 Å². The molecule has 1 aliphatic carbocycles. The van der Waals surface area contributed by atoms with Crippen LogP contribution in [0.5, 0.6) is 5.75 Å². The topological polar surface area (TPSA) is 21.3 Å². The monoisotopic (exact) mass is 281 g/mol. The smallest absolute Gasteiger partial charge is 0.119 e. The first-order chi connectivity index (χ1) is 10.3. The zero-order chi connectivity index (χ0) is 14.7. The number of rotatable bonds is 4. The van der Waals surface area contributed by atoms with E-state index in [9.17, 15) is 0 Å². The highest BCUT2D eigenvalue weighted by Crippen LogP contribution is 2.26. The van der Waals surface area contributed by atoms with Gasteiger partial charge in [-0.2, -0.15) is 0 Å². The summed E-state index contributed by atoms with van der Waals surface area (Å²) in [7, 11) is 1.73. The molecule has 110 valence electrons. The number of hydrogen-bond donors (Lipinski definition) is 1. The van der Waals surface area contributed by atoms with E-state index in [-0.39, 0.29) is 0 Å². The minimum atomic E-state index is 0.392. The van der Waals surface area contributed by atoms with Crippen molar-refractivity contribution in [2.45, 2.75) is 38.3 Å². The highest BCUT2D eigenvalue weighted by Gasteiger charge is 2.20. The van der Waals surface area contributed by atoms with Crippen molar-refractivity contribution in [2.75, 3.05) is 7.11 Å². The molecule has 0 spiro atoms. The average molecular weight is 281 g/mol. The summed E-state index contributed by atoms with van der Waals surface area (Å²) in [6, 6.07) is 18.1. The fraction of sp³-hybridized carbons (Fsp3) is 0.368. The van der Waals surface area contributed by atoms with Crippen molar-refractivity contribution in [3.63, 3.8) is 0 Å². The molecule has 1 aliphatic rings. The van der Waals surface area contributed by atoms with E-state index in [1.54, 1.807) is 7.11 Å². The van der Waals surface area contributed by atoms with Crippen molar-refractivity contribution in [3.05, 3.63) is 65.2 Å². The second-order valence-corrected chi connectivity index (χ2v) is 5.87. The van der Waals surface area contributed by atoms with E-state index in [0.29, 0.717) is 12.1 Å². The van der Waals surface area contributed by atoms with Crippen LogP contribution >= 0.6 is 0 Å². The summed E-state index contributed by atoms with van der Waals surface area (Å²) in [5, 5.41) is 3.77. The van der Waals surface area contributed by atoms with Gasteiger partial charge >= 0.3 is 0 Å². The number of methoxy groups -OCH3 is 1. The van der Waals surface area contributed by atoms with Crippen LogP contribution in [0, 0.1) is 0 Å². The van der Waals surface area contributed by atoms with E-state index in [1.807, 2.05) is 0 Å². The molecule has 1 N–H and O–H groups in total. The highest BCUT2D eigenvalue weighted by molar-refractivity contribution is 5.38. The molecule has 2 aromatic rings. The number of hydrogen-bond acceptors (Lipinski definition) is 2. The van der Waals surface area contributed by atoms with Crippen molar-refractivity contribution in [2.24, 2.45) is 0 Å². The van der Waals surface area contributed by atoms with Gasteiger partial charge in [-0.3, -0.25) is 0 Å². The van der Waals surface area contributed by atoms with Gasteiger partial charge in [0, 0.05) is 12.1 Å². The van der Waals surface area contributed by atoms with Gasteiger partial charge in [-0.05, 0) is 55.0 Å². The van der Waals surface area contributed by atoms with Crippen LogP contribution in [0.4, 0.5) is 0 Å². The summed E-state index contributed by atoms with van der Waals surface area (Å²) in [5.41, 5.74) is 4.26. The van der Waals surface area contributed by atoms with Crippen LogP contribution in [0.15, 0.2) is 48.5 Å². The van der Waals surface area contributed by atoms with Crippen LogP contribution < -0.4 is 10.1 Å². The second-order valence-electron chi connectivity index (χ2n) is 5.87. The van der Waals surface area contributed by atoms with Gasteiger partial charge < -0.3 is 10.1 Å². The Kier molecular flexibility index (Phi) is 4.26. The van der Waals surface area contributed by atoms with Gasteiger partial charge in [0.25, 0.3) is 0 Å². The SMILES string of the molecule is COc1ccc2c(c1)C[C@H](N[C@@H](C)c1ccccc1)CC2. The largest absolute Gasteiger partial charge is 0.497 e. The predicted octanol–water partition coefficient (Wildman–Crippen LogP) is 3.90. The lowest BCUT2D eigenvalue weighted by Gasteiger charge is -2.29. The Bertz CT molecular complexity index is 594. The van der Waals surface area contributed by atoms with Crippen molar-refractivity contribution >= 4 is 0 Å². The van der Waals surface area contributed by atoms with Crippen LogP contribution in [0.1, 0.15) is 36.1 Å². The molecule has 3 rings (SSSR count). The van der Waals surface area contributed by atoms with E-state index in [2.05, 4.69) is 60.8 Å². The van der Waals surface area contributed by atoms with Gasteiger partial charge in [0.1, 0.15) is 5.75 Å². The maximum absolute atomic E-state index is 5.35. The summed E-state index contributed by atoms with van der Waals surface area (Å²) >= 11 is 0. The number of aryl methyl sites for hydroxylation is 1. The molecule has 2 atom stereocenters. The Balaban J connectivity index is 1.68. The molecule has 21 heavy (non-hydrogen) atoms. The molecule has 0 bridgehead atoms. The molecule has 0 saturated carbocycles. The van der Waals surface area contributed by atoms with E-state index in [4.69, 9.17) is 4.74 Å². The zero-order valence-corrected chi connectivity index (χ0v) is 12.8. The minimum absolute atomic E-state index is 0.392. The summed E-state index contributed by atoms with van der Waals surface area (Å²) in [4.78, 5) is 0. The van der Waals surface area contributed by atoms with Gasteiger partial charge in [-0.25, -0.2) is 0 Å². The standard InChI is InChI=1S/C19H23NO/c1-14(15-6-4-3-5-7-15)20-18-10-8-16-9-11-19(21-2)13-17(16)12-18/h3-7,9,11,13-14,18,20H,8,10,12H2,1-2H3/t14-,18+/m0/s1. The normalized spacial score (nSPS) is 18.9. The summed E-state index contributed by atoms with van der Waals surface area (Å²) in [5.74, 6) is 0.963. The zero-order valence-electron chi connectivity index (χ0n) is 12.8. The average Bonchev–Trinajstić information content (AvgIpc) is 2.55. The fourth-order valence-corrected chi connectivity index (χ4v) is 3.19. The van der Waals surface area contributed by atoms with Crippen LogP contribution in [0.25, 0.3) is 0 Å². The molecular weight excluding hydrogens is 258 g/mol. The maximum atomic E-state index is 5.35. The molecule has 0 aromatic heterocycles. The third-order valence-corrected chi connectivity index (χ3v) is 4.43. The van der Waals surface area contributed by atoms with E-state index in [0.717, 1.165) is 18.6 Å². The van der Waals surface area contributed by atoms with Gasteiger partial charge in [0.15, 0.2) is 0 Å². The summed E-state index contributed by atoms with van der Waals surface area (Å²) in [6.07, 6.45) is 3.44. The van der Waals surface area contributed by atoms with E-state index in [1.165, 1.54) is 23.1 Å². The Labute approximate surface area is 127 Å². The van der Waals surface area contributed by atoms with Crippen molar-refractivity contribution < 1.29 is 4.74 Å². The quantitative estimate of drug-likeness (QED) is 0.917. The lowest BCUT2D eigenvalue weighted by Crippen LogP contribution is -2.36. The maximum Gasteiger partial charge on any atom is 0.119 e. The lowest BCUT2D eigenvalue weighted by atomic mass is 9.87. The molecule has 0 fully saturated rings. The van der Waals surface area contributed by atoms with Crippen LogP contribution in [0.2, 0.25) is 0 Å². The molecule has 0 aliphatic heterocycles. The second kappa shape index (κ2) is 6.31. The lowest BCUT2D eigenvalue weighted by molar-refractivity contribution is 0.402. The first kappa shape index (κ1) is 14.2. The Morgan fingerprint density at radius 2 is 1.90 bits per heavy atom. The molecule has 2 heteroatoms. The van der Waals surface area contributed by atoms with Crippen LogP contribution in [-0.2, 0) is 12.8 Å². The predicted molar refractivity (Wildman–Crippen MR) is 86.8 cm³/mol. The Morgan fingerprint density at radius 3 is 2.67 bits per heavy atom. The summed E-state index contributed by atoms with van der Waals surface area (Å²) in [6.45, 7) is 2.25. The first-order valence-corrected chi connectivity index (χ1v) is 7.73. The van der Waals surface area contributed by atoms with Crippen molar-refractivity contribution in [1.29, 1.82) is 0 Å². The van der Waals surface area contributed by atoms with Gasteiger partial charge in [0.2, 0.25) is 0 Å².